The Hall–Kier alpha value is -0.840. The molecule has 0 aliphatic heterocycles. The number of fused-ring (bicyclic) bond motifs is 1. The highest BCUT2D eigenvalue weighted by atomic mass is 79.9. The van der Waals surface area contributed by atoms with Crippen LogP contribution in [0.5, 0.6) is 0 Å². The molecule has 1 heterocycles. The molecule has 3 nitrogen and oxygen atoms in total. The van der Waals surface area contributed by atoms with E-state index in [2.05, 4.69) is 47.2 Å². The van der Waals surface area contributed by atoms with Crippen molar-refractivity contribution in [2.45, 2.75) is 32.7 Å². The second-order valence-electron chi connectivity index (χ2n) is 4.97. The molecule has 0 bridgehead atoms. The lowest BCUT2D eigenvalue weighted by molar-refractivity contribution is 0.131. The Morgan fingerprint density at radius 3 is 2.95 bits per heavy atom. The molecular formula is C16H22BrNO2. The van der Waals surface area contributed by atoms with Gasteiger partial charge in [-0.05, 0) is 50.6 Å². The Morgan fingerprint density at radius 2 is 2.15 bits per heavy atom. The van der Waals surface area contributed by atoms with Gasteiger partial charge in [0.15, 0.2) is 0 Å². The highest BCUT2D eigenvalue weighted by molar-refractivity contribution is 9.10. The van der Waals surface area contributed by atoms with Crippen LogP contribution in [-0.2, 0) is 4.74 Å². The summed E-state index contributed by atoms with van der Waals surface area (Å²) in [5.74, 6) is 0.979. The van der Waals surface area contributed by atoms with Crippen LogP contribution >= 0.6 is 15.9 Å². The zero-order valence-corrected chi connectivity index (χ0v) is 13.7. The van der Waals surface area contributed by atoms with Gasteiger partial charge in [-0.15, -0.1) is 0 Å². The maximum Gasteiger partial charge on any atom is 0.134 e. The van der Waals surface area contributed by atoms with Gasteiger partial charge in [0.05, 0.1) is 6.04 Å². The van der Waals surface area contributed by atoms with Gasteiger partial charge >= 0.3 is 0 Å². The van der Waals surface area contributed by atoms with Gasteiger partial charge in [0.25, 0.3) is 0 Å². The molecule has 1 unspecified atom stereocenters. The number of furan rings is 1. The minimum Gasteiger partial charge on any atom is -0.459 e. The Balaban J connectivity index is 1.83. The molecule has 110 valence electrons. The second kappa shape index (κ2) is 7.81. The van der Waals surface area contributed by atoms with Crippen LogP contribution in [0.4, 0.5) is 0 Å². The summed E-state index contributed by atoms with van der Waals surface area (Å²) in [5.41, 5.74) is 0.933. The molecule has 2 rings (SSSR count). The standard InChI is InChI=1S/C16H22BrNO2/c1-3-8-19-9-4-7-18-12(2)16-11-13-10-14(17)5-6-15(13)20-16/h5-6,10-12,18H,3-4,7-9H2,1-2H3. The predicted octanol–water partition coefficient (Wildman–Crippen LogP) is 4.66. The van der Waals surface area contributed by atoms with Gasteiger partial charge in [-0.2, -0.15) is 0 Å². The van der Waals surface area contributed by atoms with Gasteiger partial charge < -0.3 is 14.5 Å². The maximum absolute atomic E-state index is 5.87. The summed E-state index contributed by atoms with van der Waals surface area (Å²) >= 11 is 3.48. The lowest BCUT2D eigenvalue weighted by Crippen LogP contribution is -2.20. The molecule has 0 aliphatic carbocycles. The number of nitrogens with one attached hydrogen (secondary N) is 1. The molecule has 0 spiro atoms. The molecule has 0 aliphatic rings. The average Bonchev–Trinajstić information content (AvgIpc) is 2.85. The largest absolute Gasteiger partial charge is 0.459 e. The van der Waals surface area contributed by atoms with E-state index in [9.17, 15) is 0 Å². The minimum absolute atomic E-state index is 0.215. The van der Waals surface area contributed by atoms with Crippen molar-refractivity contribution < 1.29 is 9.15 Å². The quantitative estimate of drug-likeness (QED) is 0.710. The SMILES string of the molecule is CCCOCCCNC(C)c1cc2cc(Br)ccc2o1. The summed E-state index contributed by atoms with van der Waals surface area (Å²) in [6.07, 6.45) is 2.11. The summed E-state index contributed by atoms with van der Waals surface area (Å²) in [4.78, 5) is 0. The predicted molar refractivity (Wildman–Crippen MR) is 86.1 cm³/mol. The van der Waals surface area contributed by atoms with Crippen molar-refractivity contribution in [2.24, 2.45) is 0 Å². The van der Waals surface area contributed by atoms with Crippen LogP contribution < -0.4 is 5.32 Å². The van der Waals surface area contributed by atoms with Gasteiger partial charge in [0.2, 0.25) is 0 Å². The van der Waals surface area contributed by atoms with Crippen LogP contribution in [0.3, 0.4) is 0 Å². The van der Waals surface area contributed by atoms with E-state index in [4.69, 9.17) is 9.15 Å². The number of hydrogen-bond acceptors (Lipinski definition) is 3. The Labute approximate surface area is 128 Å². The highest BCUT2D eigenvalue weighted by Gasteiger charge is 2.10. The first kappa shape index (κ1) is 15.5. The smallest absolute Gasteiger partial charge is 0.134 e. The minimum atomic E-state index is 0.215. The van der Waals surface area contributed by atoms with Gasteiger partial charge in [-0.25, -0.2) is 0 Å². The number of hydrogen-bond donors (Lipinski definition) is 1. The summed E-state index contributed by atoms with van der Waals surface area (Å²) in [7, 11) is 0. The Kier molecular flexibility index (Phi) is 6.07. The molecule has 4 heteroatoms. The zero-order valence-electron chi connectivity index (χ0n) is 12.1. The Morgan fingerprint density at radius 1 is 1.30 bits per heavy atom. The van der Waals surface area contributed by atoms with Crippen LogP contribution in [0.25, 0.3) is 11.0 Å². The van der Waals surface area contributed by atoms with Crippen molar-refractivity contribution in [1.29, 1.82) is 0 Å². The molecule has 0 saturated carbocycles. The van der Waals surface area contributed by atoms with Crippen LogP contribution in [0.1, 0.15) is 38.5 Å². The molecule has 1 aromatic heterocycles. The molecule has 0 fully saturated rings. The first-order valence-electron chi connectivity index (χ1n) is 7.21. The number of halogens is 1. The molecule has 0 saturated heterocycles. The fourth-order valence-electron chi connectivity index (χ4n) is 2.09. The fourth-order valence-corrected chi connectivity index (χ4v) is 2.47. The fraction of sp³-hybridized carbons (Fsp3) is 0.500. The average molecular weight is 340 g/mol. The van der Waals surface area contributed by atoms with Gasteiger partial charge in [-0.3, -0.25) is 0 Å². The van der Waals surface area contributed by atoms with Crippen molar-refractivity contribution in [3.05, 3.63) is 34.5 Å². The van der Waals surface area contributed by atoms with E-state index in [0.717, 1.165) is 53.8 Å². The van der Waals surface area contributed by atoms with Crippen LogP contribution in [0.15, 0.2) is 33.2 Å². The summed E-state index contributed by atoms with van der Waals surface area (Å²) in [6, 6.07) is 8.39. The van der Waals surface area contributed by atoms with E-state index >= 15 is 0 Å². The van der Waals surface area contributed by atoms with Crippen molar-refractivity contribution in [1.82, 2.24) is 5.32 Å². The normalized spacial score (nSPS) is 12.9. The molecular weight excluding hydrogens is 318 g/mol. The third-order valence-electron chi connectivity index (χ3n) is 3.19. The van der Waals surface area contributed by atoms with Crippen LogP contribution in [0, 0.1) is 0 Å². The number of rotatable bonds is 8. The highest BCUT2D eigenvalue weighted by Crippen LogP contribution is 2.26. The molecule has 1 aromatic carbocycles. The summed E-state index contributed by atoms with van der Waals surface area (Å²) in [6.45, 7) is 6.86. The van der Waals surface area contributed by atoms with E-state index in [-0.39, 0.29) is 6.04 Å². The molecule has 0 amide bonds. The molecule has 1 N–H and O–H groups in total. The van der Waals surface area contributed by atoms with E-state index in [0.29, 0.717) is 0 Å². The van der Waals surface area contributed by atoms with Crippen molar-refractivity contribution in [3.63, 3.8) is 0 Å². The van der Waals surface area contributed by atoms with Crippen molar-refractivity contribution in [3.8, 4) is 0 Å². The second-order valence-corrected chi connectivity index (χ2v) is 5.89. The Bertz CT molecular complexity index is 538. The summed E-state index contributed by atoms with van der Waals surface area (Å²) in [5, 5.41) is 4.60. The van der Waals surface area contributed by atoms with Gasteiger partial charge in [0.1, 0.15) is 11.3 Å². The van der Waals surface area contributed by atoms with Crippen molar-refractivity contribution in [2.75, 3.05) is 19.8 Å². The van der Waals surface area contributed by atoms with Gasteiger partial charge in [-0.1, -0.05) is 22.9 Å². The first-order chi connectivity index (χ1) is 9.70. The van der Waals surface area contributed by atoms with E-state index in [1.165, 1.54) is 0 Å². The lowest BCUT2D eigenvalue weighted by Gasteiger charge is -2.11. The third-order valence-corrected chi connectivity index (χ3v) is 3.68. The number of ether oxygens (including phenoxy) is 1. The summed E-state index contributed by atoms with van der Waals surface area (Å²) < 4.78 is 12.4. The molecule has 2 aromatic rings. The maximum atomic E-state index is 5.87. The molecule has 1 atom stereocenters. The molecule has 0 radical (unpaired) electrons. The van der Waals surface area contributed by atoms with Crippen LogP contribution in [0.2, 0.25) is 0 Å². The monoisotopic (exact) mass is 339 g/mol. The number of benzene rings is 1. The topological polar surface area (TPSA) is 34.4 Å². The van der Waals surface area contributed by atoms with Crippen molar-refractivity contribution >= 4 is 26.9 Å². The zero-order chi connectivity index (χ0) is 14.4. The molecule has 20 heavy (non-hydrogen) atoms. The lowest BCUT2D eigenvalue weighted by atomic mass is 10.2. The van der Waals surface area contributed by atoms with Gasteiger partial charge in [0, 0.05) is 23.1 Å². The van der Waals surface area contributed by atoms with E-state index in [1.807, 2.05) is 12.1 Å². The third kappa shape index (κ3) is 4.33. The van der Waals surface area contributed by atoms with Crippen LogP contribution in [-0.4, -0.2) is 19.8 Å². The first-order valence-corrected chi connectivity index (χ1v) is 8.00. The van der Waals surface area contributed by atoms with E-state index in [1.54, 1.807) is 0 Å². The van der Waals surface area contributed by atoms with E-state index < -0.39 is 0 Å².